The number of rotatable bonds is 3. The van der Waals surface area contributed by atoms with Crippen LogP contribution in [0.2, 0.25) is 0 Å². The highest BCUT2D eigenvalue weighted by Gasteiger charge is 2.48. The number of fused-ring (bicyclic) bond motifs is 1. The van der Waals surface area contributed by atoms with E-state index in [-0.39, 0.29) is 5.41 Å². The van der Waals surface area contributed by atoms with Crippen LogP contribution in [0.25, 0.3) is 0 Å². The number of aliphatic imine (C=N–C) groups is 1. The van der Waals surface area contributed by atoms with Gasteiger partial charge in [-0.05, 0) is 37.7 Å². The highest BCUT2D eigenvalue weighted by molar-refractivity contribution is 5.98. The Balaban J connectivity index is 1.70. The lowest BCUT2D eigenvalue weighted by atomic mass is 9.98. The van der Waals surface area contributed by atoms with Crippen LogP contribution < -0.4 is 11.3 Å². The average molecular weight is 229 g/mol. The van der Waals surface area contributed by atoms with Crippen molar-refractivity contribution in [3.05, 3.63) is 35.5 Å². The average Bonchev–Trinajstić information content (AvgIpc) is 2.93. The minimum absolute atomic E-state index is 0.261. The summed E-state index contributed by atoms with van der Waals surface area (Å²) in [7, 11) is 0. The molecule has 3 aliphatic rings. The van der Waals surface area contributed by atoms with Gasteiger partial charge < -0.3 is 5.43 Å². The van der Waals surface area contributed by atoms with Gasteiger partial charge in [0.1, 0.15) is 5.84 Å². The topological polar surface area (TPSA) is 50.4 Å². The Morgan fingerprint density at radius 3 is 3.00 bits per heavy atom. The number of nitrogens with two attached hydrogens (primary N) is 1. The zero-order valence-electron chi connectivity index (χ0n) is 10.1. The van der Waals surface area contributed by atoms with Gasteiger partial charge in [-0.25, -0.2) is 5.84 Å². The Morgan fingerprint density at radius 1 is 1.47 bits per heavy atom. The fraction of sp³-hybridized carbons (Fsp3) is 0.500. The largest absolute Gasteiger partial charge is 0.309 e. The van der Waals surface area contributed by atoms with Crippen LogP contribution in [0.4, 0.5) is 0 Å². The van der Waals surface area contributed by atoms with Crippen molar-refractivity contribution in [2.24, 2.45) is 16.3 Å². The minimum Gasteiger partial charge on any atom is -0.309 e. The minimum atomic E-state index is 0.261. The number of hydrogen-bond donors (Lipinski definition) is 2. The number of allylic oxidation sites excluding steroid dienone is 3. The van der Waals surface area contributed by atoms with Crippen LogP contribution in [0.15, 0.2) is 40.4 Å². The Morgan fingerprint density at radius 2 is 2.41 bits per heavy atom. The van der Waals surface area contributed by atoms with Crippen LogP contribution >= 0.6 is 0 Å². The van der Waals surface area contributed by atoms with E-state index in [4.69, 9.17) is 5.84 Å². The lowest BCUT2D eigenvalue weighted by Gasteiger charge is -2.15. The van der Waals surface area contributed by atoms with Gasteiger partial charge in [0.25, 0.3) is 0 Å². The molecular weight excluding hydrogens is 210 g/mol. The number of hydrogen-bond acceptors (Lipinski definition) is 2. The predicted molar refractivity (Wildman–Crippen MR) is 70.4 cm³/mol. The van der Waals surface area contributed by atoms with Crippen molar-refractivity contribution in [3.8, 4) is 0 Å². The molecule has 0 heterocycles. The van der Waals surface area contributed by atoms with E-state index in [1.54, 1.807) is 0 Å². The third kappa shape index (κ3) is 1.95. The standard InChI is InChI=1S/C14H19N3/c15-17-13(11-5-2-1-3-6-11)16-10-14-8-4-7-12(14)9-14/h4-5,7-8H,1-3,6,9-10,15H2,(H,16,17). The van der Waals surface area contributed by atoms with Crippen molar-refractivity contribution in [3.63, 3.8) is 0 Å². The van der Waals surface area contributed by atoms with Crippen molar-refractivity contribution in [1.82, 2.24) is 5.43 Å². The number of nitrogens with one attached hydrogen (secondary N) is 1. The second kappa shape index (κ2) is 4.15. The summed E-state index contributed by atoms with van der Waals surface area (Å²) < 4.78 is 0. The summed E-state index contributed by atoms with van der Waals surface area (Å²) in [5.74, 6) is 6.48. The summed E-state index contributed by atoms with van der Waals surface area (Å²) in [4.78, 5) is 4.68. The van der Waals surface area contributed by atoms with Gasteiger partial charge in [0.2, 0.25) is 0 Å². The predicted octanol–water partition coefficient (Wildman–Crippen LogP) is 2.23. The number of nitrogens with zero attached hydrogens (tertiary/aromatic N) is 1. The number of amidine groups is 1. The molecule has 1 saturated carbocycles. The molecule has 3 heteroatoms. The Hall–Kier alpha value is -1.35. The van der Waals surface area contributed by atoms with Crippen LogP contribution in [0.5, 0.6) is 0 Å². The highest BCUT2D eigenvalue weighted by Crippen LogP contribution is 2.56. The maximum atomic E-state index is 5.59. The van der Waals surface area contributed by atoms with Gasteiger partial charge in [0.15, 0.2) is 0 Å². The Bertz CT molecular complexity index is 442. The molecule has 0 bridgehead atoms. The van der Waals surface area contributed by atoms with E-state index in [9.17, 15) is 0 Å². The molecule has 0 saturated heterocycles. The van der Waals surface area contributed by atoms with Crippen molar-refractivity contribution < 1.29 is 0 Å². The molecule has 0 aromatic heterocycles. The van der Waals surface area contributed by atoms with Crippen molar-refractivity contribution in [1.29, 1.82) is 0 Å². The lowest BCUT2D eigenvalue weighted by molar-refractivity contribution is 0.689. The lowest BCUT2D eigenvalue weighted by Crippen LogP contribution is -2.33. The molecule has 3 rings (SSSR count). The first-order valence-electron chi connectivity index (χ1n) is 6.43. The SMILES string of the molecule is NNC(=NCC12C=CC=C1C2)C1=CCCCC1. The van der Waals surface area contributed by atoms with E-state index in [1.807, 2.05) is 0 Å². The van der Waals surface area contributed by atoms with E-state index in [0.29, 0.717) is 0 Å². The highest BCUT2D eigenvalue weighted by atomic mass is 15.3. The number of hydrazine groups is 1. The molecule has 1 unspecified atom stereocenters. The normalized spacial score (nSPS) is 30.8. The van der Waals surface area contributed by atoms with E-state index >= 15 is 0 Å². The molecule has 0 aromatic rings. The summed E-state index contributed by atoms with van der Waals surface area (Å²) in [6.07, 6.45) is 14.9. The van der Waals surface area contributed by atoms with Crippen molar-refractivity contribution in [2.45, 2.75) is 32.1 Å². The summed E-state index contributed by atoms with van der Waals surface area (Å²) in [6.45, 7) is 0.839. The quantitative estimate of drug-likeness (QED) is 0.337. The summed E-state index contributed by atoms with van der Waals surface area (Å²) in [5.41, 5.74) is 5.85. The van der Waals surface area contributed by atoms with Crippen LogP contribution in [0.1, 0.15) is 32.1 Å². The third-order valence-electron chi connectivity index (χ3n) is 3.98. The fourth-order valence-corrected chi connectivity index (χ4v) is 2.76. The van der Waals surface area contributed by atoms with E-state index in [0.717, 1.165) is 25.2 Å². The molecule has 0 radical (unpaired) electrons. The first-order valence-corrected chi connectivity index (χ1v) is 6.43. The van der Waals surface area contributed by atoms with Gasteiger partial charge in [-0.2, -0.15) is 0 Å². The van der Waals surface area contributed by atoms with Gasteiger partial charge in [0, 0.05) is 5.41 Å². The molecule has 0 amide bonds. The maximum absolute atomic E-state index is 5.59. The molecule has 1 fully saturated rings. The van der Waals surface area contributed by atoms with Gasteiger partial charge in [-0.1, -0.05) is 29.9 Å². The zero-order chi connectivity index (χ0) is 11.7. The molecule has 90 valence electrons. The summed E-state index contributed by atoms with van der Waals surface area (Å²) in [6, 6.07) is 0. The molecule has 3 aliphatic carbocycles. The second-order valence-electron chi connectivity index (χ2n) is 5.17. The molecule has 3 nitrogen and oxygen atoms in total. The van der Waals surface area contributed by atoms with Crippen molar-refractivity contribution >= 4 is 5.84 Å². The first-order chi connectivity index (χ1) is 8.34. The van der Waals surface area contributed by atoms with Crippen LogP contribution in [0, 0.1) is 5.41 Å². The molecule has 17 heavy (non-hydrogen) atoms. The van der Waals surface area contributed by atoms with Crippen molar-refractivity contribution in [2.75, 3.05) is 6.54 Å². The van der Waals surface area contributed by atoms with Crippen LogP contribution in [0.3, 0.4) is 0 Å². The Labute approximate surface area is 102 Å². The molecule has 3 N–H and O–H groups in total. The summed E-state index contributed by atoms with van der Waals surface area (Å²) >= 11 is 0. The second-order valence-corrected chi connectivity index (χ2v) is 5.17. The molecule has 1 atom stereocenters. The Kier molecular flexibility index (Phi) is 2.63. The smallest absolute Gasteiger partial charge is 0.138 e. The monoisotopic (exact) mass is 229 g/mol. The van der Waals surface area contributed by atoms with E-state index in [2.05, 4.69) is 34.7 Å². The fourth-order valence-electron chi connectivity index (χ4n) is 2.76. The third-order valence-corrected chi connectivity index (χ3v) is 3.98. The first kappa shape index (κ1) is 10.8. The molecule has 0 aromatic carbocycles. The summed E-state index contributed by atoms with van der Waals surface area (Å²) in [5, 5.41) is 0. The molecule has 0 aliphatic heterocycles. The maximum Gasteiger partial charge on any atom is 0.138 e. The van der Waals surface area contributed by atoms with Gasteiger partial charge >= 0.3 is 0 Å². The van der Waals surface area contributed by atoms with Crippen LogP contribution in [-0.4, -0.2) is 12.4 Å². The van der Waals surface area contributed by atoms with Gasteiger partial charge in [0.05, 0.1) is 6.54 Å². The van der Waals surface area contributed by atoms with Crippen LogP contribution in [-0.2, 0) is 0 Å². The zero-order valence-corrected chi connectivity index (χ0v) is 10.1. The van der Waals surface area contributed by atoms with Gasteiger partial charge in [-0.15, -0.1) is 0 Å². The van der Waals surface area contributed by atoms with E-state index in [1.165, 1.54) is 30.4 Å². The molecular formula is C14H19N3. The van der Waals surface area contributed by atoms with Gasteiger partial charge in [-0.3, -0.25) is 4.99 Å². The molecule has 0 spiro atoms. The van der Waals surface area contributed by atoms with E-state index < -0.39 is 0 Å².